The summed E-state index contributed by atoms with van der Waals surface area (Å²) in [5, 5.41) is 3.59. The topological polar surface area (TPSA) is 12.0 Å². The molecule has 3 rings (SSSR count). The fraction of sp³-hybridized carbons (Fsp3) is 0.600. The predicted molar refractivity (Wildman–Crippen MR) is 67.1 cm³/mol. The van der Waals surface area contributed by atoms with Crippen LogP contribution in [0, 0.1) is 23.6 Å². The molecule has 0 amide bonds. The highest BCUT2D eigenvalue weighted by atomic mass is 19.1. The zero-order valence-corrected chi connectivity index (χ0v) is 10.3. The summed E-state index contributed by atoms with van der Waals surface area (Å²) in [4.78, 5) is 0. The molecule has 2 aliphatic rings. The lowest BCUT2D eigenvalue weighted by Crippen LogP contribution is -2.24. The average Bonchev–Trinajstić information content (AvgIpc) is 2.80. The molecule has 1 N–H and O–H groups in total. The minimum absolute atomic E-state index is 0.139. The highest BCUT2D eigenvalue weighted by Gasteiger charge is 2.55. The normalized spacial score (nSPS) is 32.2. The Kier molecular flexibility index (Phi) is 2.91. The SMILES string of the molecule is CCNC(c1ccc(F)cc1)C1C2CCCC21. The number of hydrogen-bond donors (Lipinski definition) is 1. The Bertz CT molecular complexity index is 376. The molecule has 1 aromatic carbocycles. The molecule has 0 aliphatic heterocycles. The van der Waals surface area contributed by atoms with Crippen LogP contribution in [0.15, 0.2) is 24.3 Å². The Morgan fingerprint density at radius 1 is 1.24 bits per heavy atom. The number of nitrogens with one attached hydrogen (secondary N) is 1. The third-order valence-corrected chi connectivity index (χ3v) is 4.51. The van der Waals surface area contributed by atoms with Crippen molar-refractivity contribution in [1.82, 2.24) is 5.32 Å². The zero-order chi connectivity index (χ0) is 11.8. The van der Waals surface area contributed by atoms with E-state index in [0.29, 0.717) is 6.04 Å². The number of rotatable bonds is 4. The van der Waals surface area contributed by atoms with Gasteiger partial charge < -0.3 is 5.32 Å². The van der Waals surface area contributed by atoms with Crippen LogP contribution in [-0.2, 0) is 0 Å². The molecule has 2 heteroatoms. The summed E-state index contributed by atoms with van der Waals surface area (Å²) in [6, 6.07) is 7.49. The van der Waals surface area contributed by atoms with Gasteiger partial charge in [-0.3, -0.25) is 0 Å². The highest BCUT2D eigenvalue weighted by Crippen LogP contribution is 2.62. The second-order valence-electron chi connectivity index (χ2n) is 5.42. The Hall–Kier alpha value is -0.890. The Morgan fingerprint density at radius 3 is 2.47 bits per heavy atom. The van der Waals surface area contributed by atoms with Gasteiger partial charge in [0.25, 0.3) is 0 Å². The van der Waals surface area contributed by atoms with E-state index in [1.165, 1.54) is 24.8 Å². The average molecular weight is 233 g/mol. The lowest BCUT2D eigenvalue weighted by Gasteiger charge is -2.20. The summed E-state index contributed by atoms with van der Waals surface area (Å²) in [5.74, 6) is 2.53. The van der Waals surface area contributed by atoms with Crippen LogP contribution in [0.3, 0.4) is 0 Å². The van der Waals surface area contributed by atoms with Gasteiger partial charge in [0, 0.05) is 6.04 Å². The molecular weight excluding hydrogens is 213 g/mol. The largest absolute Gasteiger partial charge is 0.310 e. The van der Waals surface area contributed by atoms with Crippen molar-refractivity contribution in [1.29, 1.82) is 0 Å². The molecule has 0 bridgehead atoms. The van der Waals surface area contributed by atoms with Crippen molar-refractivity contribution in [3.8, 4) is 0 Å². The molecule has 1 aromatic rings. The van der Waals surface area contributed by atoms with Crippen LogP contribution >= 0.6 is 0 Å². The zero-order valence-electron chi connectivity index (χ0n) is 10.3. The van der Waals surface area contributed by atoms with Crippen molar-refractivity contribution >= 4 is 0 Å². The molecule has 3 unspecified atom stereocenters. The molecule has 0 saturated heterocycles. The summed E-state index contributed by atoms with van der Waals surface area (Å²) in [7, 11) is 0. The molecule has 2 fully saturated rings. The predicted octanol–water partition coefficient (Wildman–Crippen LogP) is 3.52. The van der Waals surface area contributed by atoms with Crippen molar-refractivity contribution in [2.75, 3.05) is 6.54 Å². The lowest BCUT2D eigenvalue weighted by molar-refractivity contribution is 0.425. The maximum absolute atomic E-state index is 13.0. The smallest absolute Gasteiger partial charge is 0.123 e. The summed E-state index contributed by atoms with van der Waals surface area (Å²) in [6.45, 7) is 3.13. The molecule has 0 spiro atoms. The molecule has 0 radical (unpaired) electrons. The monoisotopic (exact) mass is 233 g/mol. The number of benzene rings is 1. The van der Waals surface area contributed by atoms with Crippen molar-refractivity contribution in [3.05, 3.63) is 35.6 Å². The number of halogens is 1. The van der Waals surface area contributed by atoms with Gasteiger partial charge in [0.05, 0.1) is 0 Å². The van der Waals surface area contributed by atoms with E-state index in [4.69, 9.17) is 0 Å². The van der Waals surface area contributed by atoms with Gasteiger partial charge in [-0.05, 0) is 54.8 Å². The summed E-state index contributed by atoms with van der Waals surface area (Å²) < 4.78 is 13.0. The number of hydrogen-bond acceptors (Lipinski definition) is 1. The third kappa shape index (κ3) is 1.99. The summed E-state index contributed by atoms with van der Waals surface area (Å²) in [6.07, 6.45) is 4.21. The van der Waals surface area contributed by atoms with Crippen LogP contribution in [0.1, 0.15) is 37.8 Å². The van der Waals surface area contributed by atoms with Gasteiger partial charge in [-0.1, -0.05) is 25.5 Å². The van der Waals surface area contributed by atoms with Crippen molar-refractivity contribution in [2.24, 2.45) is 17.8 Å². The maximum atomic E-state index is 13.0. The van der Waals surface area contributed by atoms with Crippen LogP contribution in [0.25, 0.3) is 0 Å². The van der Waals surface area contributed by atoms with E-state index in [1.54, 1.807) is 12.1 Å². The Labute approximate surface area is 102 Å². The number of fused-ring (bicyclic) bond motifs is 1. The first kappa shape index (κ1) is 11.2. The van der Waals surface area contributed by atoms with Crippen LogP contribution in [0.5, 0.6) is 0 Å². The minimum Gasteiger partial charge on any atom is -0.310 e. The van der Waals surface area contributed by atoms with E-state index in [9.17, 15) is 4.39 Å². The van der Waals surface area contributed by atoms with Crippen molar-refractivity contribution in [3.63, 3.8) is 0 Å². The van der Waals surface area contributed by atoms with Gasteiger partial charge in [-0.2, -0.15) is 0 Å². The summed E-state index contributed by atoms with van der Waals surface area (Å²) >= 11 is 0. The van der Waals surface area contributed by atoms with Gasteiger partial charge >= 0.3 is 0 Å². The van der Waals surface area contributed by atoms with Gasteiger partial charge in [0.15, 0.2) is 0 Å². The van der Waals surface area contributed by atoms with Crippen LogP contribution in [-0.4, -0.2) is 6.54 Å². The lowest BCUT2D eigenvalue weighted by atomic mass is 9.97. The fourth-order valence-electron chi connectivity index (χ4n) is 3.74. The molecule has 92 valence electrons. The first-order valence-electron chi connectivity index (χ1n) is 6.80. The van der Waals surface area contributed by atoms with E-state index in [0.717, 1.165) is 24.3 Å². The molecule has 0 aromatic heterocycles. The van der Waals surface area contributed by atoms with E-state index < -0.39 is 0 Å². The van der Waals surface area contributed by atoms with Gasteiger partial charge in [0.2, 0.25) is 0 Å². The summed E-state index contributed by atoms with van der Waals surface area (Å²) in [5.41, 5.74) is 1.26. The van der Waals surface area contributed by atoms with E-state index >= 15 is 0 Å². The minimum atomic E-state index is -0.139. The van der Waals surface area contributed by atoms with Crippen molar-refractivity contribution in [2.45, 2.75) is 32.2 Å². The van der Waals surface area contributed by atoms with E-state index in [-0.39, 0.29) is 5.82 Å². The van der Waals surface area contributed by atoms with Gasteiger partial charge in [0.1, 0.15) is 5.82 Å². The fourth-order valence-corrected chi connectivity index (χ4v) is 3.74. The molecule has 2 saturated carbocycles. The highest BCUT2D eigenvalue weighted by molar-refractivity contribution is 5.24. The van der Waals surface area contributed by atoms with Crippen LogP contribution in [0.4, 0.5) is 4.39 Å². The third-order valence-electron chi connectivity index (χ3n) is 4.51. The second kappa shape index (κ2) is 4.41. The Balaban J connectivity index is 1.78. The van der Waals surface area contributed by atoms with Crippen LogP contribution < -0.4 is 5.32 Å². The van der Waals surface area contributed by atoms with Crippen molar-refractivity contribution < 1.29 is 4.39 Å². The van der Waals surface area contributed by atoms with E-state index in [2.05, 4.69) is 12.2 Å². The first-order chi connectivity index (χ1) is 8.31. The maximum Gasteiger partial charge on any atom is 0.123 e. The first-order valence-corrected chi connectivity index (χ1v) is 6.80. The standard InChI is InChI=1S/C15H20FN/c1-2-17-15(10-6-8-11(16)9-7-10)14-12-4-3-5-13(12)14/h6-9,12-15,17H,2-5H2,1H3. The van der Waals surface area contributed by atoms with Gasteiger partial charge in [-0.25, -0.2) is 4.39 Å². The molecule has 2 aliphatic carbocycles. The molecular formula is C15H20FN. The molecule has 0 heterocycles. The molecule has 17 heavy (non-hydrogen) atoms. The quantitative estimate of drug-likeness (QED) is 0.839. The van der Waals surface area contributed by atoms with Crippen LogP contribution in [0.2, 0.25) is 0 Å². The van der Waals surface area contributed by atoms with E-state index in [1.807, 2.05) is 12.1 Å². The second-order valence-corrected chi connectivity index (χ2v) is 5.42. The van der Waals surface area contributed by atoms with Gasteiger partial charge in [-0.15, -0.1) is 0 Å². The Morgan fingerprint density at radius 2 is 1.88 bits per heavy atom. The molecule has 1 nitrogen and oxygen atoms in total. The molecule has 3 atom stereocenters.